The van der Waals surface area contributed by atoms with Crippen molar-refractivity contribution in [1.82, 2.24) is 5.32 Å². The van der Waals surface area contributed by atoms with Crippen molar-refractivity contribution in [2.45, 2.75) is 122 Å². The second-order valence-corrected chi connectivity index (χ2v) is 7.81. The second-order valence-electron chi connectivity index (χ2n) is 7.81. The normalized spacial score (nSPS) is 11.9. The van der Waals surface area contributed by atoms with Crippen molar-refractivity contribution in [2.75, 3.05) is 0 Å². The van der Waals surface area contributed by atoms with Gasteiger partial charge in [-0.3, -0.25) is 9.59 Å². The fourth-order valence-electron chi connectivity index (χ4n) is 3.29. The summed E-state index contributed by atoms with van der Waals surface area (Å²) >= 11 is 0. The molecule has 0 aromatic rings. The van der Waals surface area contributed by atoms with Crippen LogP contribution in [0.4, 0.5) is 0 Å². The fourth-order valence-corrected chi connectivity index (χ4v) is 3.29. The summed E-state index contributed by atoms with van der Waals surface area (Å²) in [7, 11) is 0. The molecule has 0 radical (unpaired) electrons. The average Bonchev–Trinajstić information content (AvgIpc) is 2.65. The highest BCUT2D eigenvalue weighted by atomic mass is 16.4. The molecular formula is C22H42N2O4. The minimum Gasteiger partial charge on any atom is -0.480 e. The lowest BCUT2D eigenvalue weighted by Crippen LogP contribution is -2.41. The second kappa shape index (κ2) is 18.8. The van der Waals surface area contributed by atoms with E-state index in [1.165, 1.54) is 70.6 Å². The van der Waals surface area contributed by atoms with E-state index in [4.69, 9.17) is 10.8 Å². The number of hydrogen-bond donors (Lipinski definition) is 3. The standard InChI is InChI=1S/C22H42N2O4/c1-2-3-4-5-6-7-8-9-10-11-12-13-14-15-16-21(26)24-19(22(27)28)17-18-20(23)25/h19H,2-18H2,1H3,(H2,23,25)(H,24,26)(H,27,28)/t19-/m0/s1. The van der Waals surface area contributed by atoms with Crippen molar-refractivity contribution in [3.05, 3.63) is 0 Å². The number of primary amides is 1. The zero-order valence-electron chi connectivity index (χ0n) is 17.8. The predicted octanol–water partition coefficient (Wildman–Crippen LogP) is 4.69. The maximum atomic E-state index is 11.8. The van der Waals surface area contributed by atoms with E-state index in [9.17, 15) is 14.4 Å². The van der Waals surface area contributed by atoms with Crippen molar-refractivity contribution in [2.24, 2.45) is 5.73 Å². The fraction of sp³-hybridized carbons (Fsp3) is 0.864. The highest BCUT2D eigenvalue weighted by molar-refractivity contribution is 5.84. The monoisotopic (exact) mass is 398 g/mol. The van der Waals surface area contributed by atoms with Crippen LogP contribution in [0.3, 0.4) is 0 Å². The van der Waals surface area contributed by atoms with Gasteiger partial charge in [0, 0.05) is 12.8 Å². The number of unbranched alkanes of at least 4 members (excludes halogenated alkanes) is 13. The van der Waals surface area contributed by atoms with Gasteiger partial charge in [-0.05, 0) is 12.8 Å². The number of carbonyl (C=O) groups is 3. The third kappa shape index (κ3) is 17.8. The number of hydrogen-bond acceptors (Lipinski definition) is 3. The van der Waals surface area contributed by atoms with E-state index in [1.54, 1.807) is 0 Å². The Bertz CT molecular complexity index is 427. The van der Waals surface area contributed by atoms with Gasteiger partial charge in [0.25, 0.3) is 0 Å². The van der Waals surface area contributed by atoms with Crippen molar-refractivity contribution < 1.29 is 19.5 Å². The van der Waals surface area contributed by atoms with Gasteiger partial charge in [0.15, 0.2) is 0 Å². The molecule has 0 aliphatic heterocycles. The van der Waals surface area contributed by atoms with Crippen LogP contribution in [0.15, 0.2) is 0 Å². The molecule has 6 nitrogen and oxygen atoms in total. The molecule has 0 aliphatic carbocycles. The molecule has 0 fully saturated rings. The molecule has 0 saturated heterocycles. The summed E-state index contributed by atoms with van der Waals surface area (Å²) < 4.78 is 0. The number of rotatable bonds is 20. The molecule has 0 unspecified atom stereocenters. The van der Waals surface area contributed by atoms with Gasteiger partial charge in [0.05, 0.1) is 0 Å². The van der Waals surface area contributed by atoms with Crippen LogP contribution in [0.2, 0.25) is 0 Å². The highest BCUT2D eigenvalue weighted by Crippen LogP contribution is 2.13. The van der Waals surface area contributed by atoms with Gasteiger partial charge in [-0.15, -0.1) is 0 Å². The van der Waals surface area contributed by atoms with E-state index in [1.807, 2.05) is 0 Å². The number of carboxylic acids is 1. The van der Waals surface area contributed by atoms with Crippen LogP contribution in [0.5, 0.6) is 0 Å². The van der Waals surface area contributed by atoms with E-state index in [-0.39, 0.29) is 18.7 Å². The third-order valence-corrected chi connectivity index (χ3v) is 5.07. The molecule has 0 aliphatic rings. The Kier molecular flexibility index (Phi) is 17.7. The Labute approximate surface area is 171 Å². The molecule has 164 valence electrons. The van der Waals surface area contributed by atoms with Gasteiger partial charge < -0.3 is 16.2 Å². The summed E-state index contributed by atoms with van der Waals surface area (Å²) in [6.07, 6.45) is 17.9. The molecule has 0 bridgehead atoms. The van der Waals surface area contributed by atoms with E-state index in [2.05, 4.69) is 12.2 Å². The van der Waals surface area contributed by atoms with Gasteiger partial charge in [-0.2, -0.15) is 0 Å². The Hall–Kier alpha value is -1.59. The van der Waals surface area contributed by atoms with Crippen LogP contribution >= 0.6 is 0 Å². The summed E-state index contributed by atoms with van der Waals surface area (Å²) in [6, 6.07) is -1.04. The zero-order valence-corrected chi connectivity index (χ0v) is 17.8. The molecule has 6 heteroatoms. The maximum Gasteiger partial charge on any atom is 0.326 e. The molecular weight excluding hydrogens is 356 g/mol. The van der Waals surface area contributed by atoms with Crippen LogP contribution < -0.4 is 11.1 Å². The first-order valence-corrected chi connectivity index (χ1v) is 11.3. The minimum absolute atomic E-state index is 0.0369. The Balaban J connectivity index is 3.48. The molecule has 0 spiro atoms. The first-order chi connectivity index (χ1) is 13.5. The summed E-state index contributed by atoms with van der Waals surface area (Å²) in [5.41, 5.74) is 5.02. The number of amides is 2. The zero-order chi connectivity index (χ0) is 21.0. The van der Waals surface area contributed by atoms with Crippen LogP contribution in [0, 0.1) is 0 Å². The lowest BCUT2D eigenvalue weighted by molar-refractivity contribution is -0.142. The number of nitrogens with one attached hydrogen (secondary N) is 1. The number of carboxylic acid groups (broad SMARTS) is 1. The van der Waals surface area contributed by atoms with Crippen LogP contribution in [-0.2, 0) is 14.4 Å². The quantitative estimate of drug-likeness (QED) is 0.258. The van der Waals surface area contributed by atoms with Gasteiger partial charge in [0.2, 0.25) is 11.8 Å². The van der Waals surface area contributed by atoms with Gasteiger partial charge in [0.1, 0.15) is 6.04 Å². The SMILES string of the molecule is CCCCCCCCCCCCCCCCC(=O)N[C@@H](CCC(N)=O)C(=O)O. The summed E-state index contributed by atoms with van der Waals surface area (Å²) in [6.45, 7) is 2.25. The molecule has 28 heavy (non-hydrogen) atoms. The molecule has 4 N–H and O–H groups in total. The minimum atomic E-state index is -1.13. The van der Waals surface area contributed by atoms with Crippen molar-refractivity contribution in [3.8, 4) is 0 Å². The Morgan fingerprint density at radius 2 is 1.18 bits per heavy atom. The van der Waals surface area contributed by atoms with E-state index in [0.29, 0.717) is 6.42 Å². The predicted molar refractivity (Wildman–Crippen MR) is 113 cm³/mol. The van der Waals surface area contributed by atoms with Gasteiger partial charge in [-0.25, -0.2) is 4.79 Å². The largest absolute Gasteiger partial charge is 0.480 e. The molecule has 0 aromatic heterocycles. The van der Waals surface area contributed by atoms with E-state index >= 15 is 0 Å². The number of carbonyl (C=O) groups excluding carboxylic acids is 2. The number of nitrogens with two attached hydrogens (primary N) is 1. The third-order valence-electron chi connectivity index (χ3n) is 5.07. The van der Waals surface area contributed by atoms with E-state index < -0.39 is 17.9 Å². The van der Waals surface area contributed by atoms with Gasteiger partial charge >= 0.3 is 5.97 Å². The summed E-state index contributed by atoms with van der Waals surface area (Å²) in [5, 5.41) is 11.5. The number of aliphatic carboxylic acids is 1. The van der Waals surface area contributed by atoms with E-state index in [0.717, 1.165) is 19.3 Å². The Morgan fingerprint density at radius 3 is 1.57 bits per heavy atom. The van der Waals surface area contributed by atoms with Crippen molar-refractivity contribution in [3.63, 3.8) is 0 Å². The lowest BCUT2D eigenvalue weighted by Gasteiger charge is -2.13. The average molecular weight is 399 g/mol. The van der Waals surface area contributed by atoms with Crippen molar-refractivity contribution >= 4 is 17.8 Å². The smallest absolute Gasteiger partial charge is 0.326 e. The summed E-state index contributed by atoms with van der Waals surface area (Å²) in [5.74, 6) is -1.96. The first-order valence-electron chi connectivity index (χ1n) is 11.3. The lowest BCUT2D eigenvalue weighted by atomic mass is 10.0. The molecule has 0 heterocycles. The molecule has 0 aromatic carbocycles. The molecule has 1 atom stereocenters. The van der Waals surface area contributed by atoms with Crippen molar-refractivity contribution in [1.29, 1.82) is 0 Å². The maximum absolute atomic E-state index is 11.8. The van der Waals surface area contributed by atoms with Crippen LogP contribution in [-0.4, -0.2) is 28.9 Å². The highest BCUT2D eigenvalue weighted by Gasteiger charge is 2.20. The van der Waals surface area contributed by atoms with Crippen LogP contribution in [0.1, 0.15) is 116 Å². The summed E-state index contributed by atoms with van der Waals surface area (Å²) in [4.78, 5) is 33.7. The topological polar surface area (TPSA) is 109 Å². The Morgan fingerprint density at radius 1 is 0.750 bits per heavy atom. The first kappa shape index (κ1) is 26.4. The van der Waals surface area contributed by atoms with Crippen LogP contribution in [0.25, 0.3) is 0 Å². The molecule has 0 saturated carbocycles. The van der Waals surface area contributed by atoms with Gasteiger partial charge in [-0.1, -0.05) is 90.4 Å². The molecule has 2 amide bonds. The molecule has 0 rings (SSSR count).